The smallest absolute Gasteiger partial charge is 0.310 e. The quantitative estimate of drug-likeness (QED) is 0.142. The molecule has 0 aromatic heterocycles. The average molecular weight is 614 g/mol. The van der Waals surface area contributed by atoms with Crippen molar-refractivity contribution in [3.63, 3.8) is 0 Å². The van der Waals surface area contributed by atoms with Crippen molar-refractivity contribution in [2.75, 3.05) is 19.8 Å². The molecule has 3 unspecified atom stereocenters. The molecule has 7 nitrogen and oxygen atoms in total. The molecule has 0 aromatic rings. The van der Waals surface area contributed by atoms with E-state index >= 15 is 0 Å². The Bertz CT molecular complexity index is 921. The van der Waals surface area contributed by atoms with Crippen LogP contribution in [0.5, 0.6) is 0 Å². The molecule has 3 aliphatic heterocycles. The van der Waals surface area contributed by atoms with Gasteiger partial charge in [0.1, 0.15) is 6.04 Å². The number of fused-ring (bicyclic) bond motifs is 1. The standard InChI is InChI=1S/C29H45BrN2O5S/c1-8-10-11-12-14-37-27(36)21-22-25(34)32(19(17-33)15-18(3)4)24(29(22)16-20(30)23(21)38-29)26(35)31(13-9-2)28(5,6)7/h8-9,18-24,33H,1-2,10-17H2,3-7H3/t19-,20?,21-,22+,23-,24?,29?/m1/s1. The Hall–Kier alpha value is -1.32. The van der Waals surface area contributed by atoms with E-state index in [0.29, 0.717) is 26.0 Å². The molecule has 0 aliphatic carbocycles. The summed E-state index contributed by atoms with van der Waals surface area (Å²) < 4.78 is 4.94. The van der Waals surface area contributed by atoms with E-state index in [0.717, 1.165) is 19.3 Å². The van der Waals surface area contributed by atoms with Crippen LogP contribution in [0.15, 0.2) is 25.3 Å². The van der Waals surface area contributed by atoms with Crippen molar-refractivity contribution in [3.8, 4) is 0 Å². The molecule has 2 amide bonds. The van der Waals surface area contributed by atoms with E-state index < -0.39 is 34.2 Å². The Morgan fingerprint density at radius 1 is 1.29 bits per heavy atom. The van der Waals surface area contributed by atoms with Gasteiger partial charge in [-0.3, -0.25) is 14.4 Å². The van der Waals surface area contributed by atoms with Gasteiger partial charge in [0, 0.05) is 22.2 Å². The molecule has 3 fully saturated rings. The largest absolute Gasteiger partial charge is 0.465 e. The number of allylic oxidation sites excluding steroid dienone is 1. The minimum atomic E-state index is -0.782. The molecular formula is C29H45BrN2O5S. The van der Waals surface area contributed by atoms with Crippen molar-refractivity contribution in [3.05, 3.63) is 25.3 Å². The fraction of sp³-hybridized carbons (Fsp3) is 0.759. The monoisotopic (exact) mass is 612 g/mol. The molecule has 1 N–H and O–H groups in total. The number of esters is 1. The summed E-state index contributed by atoms with van der Waals surface area (Å²) in [6.07, 6.45) is 7.20. The summed E-state index contributed by atoms with van der Waals surface area (Å²) in [4.78, 5) is 45.7. The zero-order valence-corrected chi connectivity index (χ0v) is 25.9. The van der Waals surface area contributed by atoms with Crippen LogP contribution in [-0.2, 0) is 19.1 Å². The maximum atomic E-state index is 14.5. The van der Waals surface area contributed by atoms with E-state index in [9.17, 15) is 19.5 Å². The average Bonchev–Trinajstić information content (AvgIpc) is 3.43. The normalized spacial score (nSPS) is 30.9. The zero-order valence-electron chi connectivity index (χ0n) is 23.5. The van der Waals surface area contributed by atoms with Gasteiger partial charge in [-0.05, 0) is 58.8 Å². The highest BCUT2D eigenvalue weighted by Gasteiger charge is 2.76. The molecule has 214 valence electrons. The van der Waals surface area contributed by atoms with Crippen LogP contribution in [-0.4, -0.2) is 84.9 Å². The second-order valence-electron chi connectivity index (χ2n) is 12.2. The third kappa shape index (κ3) is 5.75. The molecule has 3 aliphatic rings. The first-order chi connectivity index (χ1) is 17.8. The number of carbonyl (C=O) groups is 3. The molecule has 3 rings (SSSR count). The van der Waals surface area contributed by atoms with Crippen molar-refractivity contribution >= 4 is 45.5 Å². The predicted octanol–water partition coefficient (Wildman–Crippen LogP) is 4.57. The van der Waals surface area contributed by atoms with E-state index in [1.54, 1.807) is 27.6 Å². The van der Waals surface area contributed by atoms with Crippen molar-refractivity contribution in [1.82, 2.24) is 9.80 Å². The number of ether oxygens (including phenoxy) is 1. The van der Waals surface area contributed by atoms with Gasteiger partial charge in [-0.2, -0.15) is 0 Å². The SMILES string of the molecule is C=CCCCCOC(=O)[C@H]1[C@@H]2SC3(CC2Br)C(C(=O)N(CC=C)C(C)(C)C)N([C@@H](CO)CC(C)C)C(=O)[C@H]13. The molecule has 0 aromatic carbocycles. The first-order valence-electron chi connectivity index (χ1n) is 13.8. The Kier molecular flexibility index (Phi) is 10.2. The van der Waals surface area contributed by atoms with Crippen LogP contribution >= 0.6 is 27.7 Å². The number of thioether (sulfide) groups is 1. The van der Waals surface area contributed by atoms with Crippen molar-refractivity contribution in [1.29, 1.82) is 0 Å². The number of carbonyl (C=O) groups excluding carboxylic acids is 3. The number of likely N-dealkylation sites (tertiary alicyclic amines) is 1. The van der Waals surface area contributed by atoms with E-state index in [2.05, 4.69) is 29.1 Å². The molecule has 2 bridgehead atoms. The van der Waals surface area contributed by atoms with Crippen LogP contribution in [0.2, 0.25) is 0 Å². The van der Waals surface area contributed by atoms with Gasteiger partial charge in [0.05, 0.1) is 35.8 Å². The van der Waals surface area contributed by atoms with E-state index in [4.69, 9.17) is 4.74 Å². The fourth-order valence-electron chi connectivity index (χ4n) is 6.46. The zero-order chi connectivity index (χ0) is 28.4. The van der Waals surface area contributed by atoms with Gasteiger partial charge in [0.2, 0.25) is 11.8 Å². The van der Waals surface area contributed by atoms with Gasteiger partial charge in [-0.15, -0.1) is 24.9 Å². The molecule has 7 atom stereocenters. The number of hydrogen-bond donors (Lipinski definition) is 1. The predicted molar refractivity (Wildman–Crippen MR) is 156 cm³/mol. The third-order valence-corrected chi connectivity index (χ3v) is 11.2. The number of nitrogens with zero attached hydrogens (tertiary/aromatic N) is 2. The first-order valence-corrected chi connectivity index (χ1v) is 15.6. The number of halogens is 1. The second-order valence-corrected chi connectivity index (χ2v) is 15.0. The topological polar surface area (TPSA) is 87.2 Å². The highest BCUT2D eigenvalue weighted by atomic mass is 79.9. The summed E-state index contributed by atoms with van der Waals surface area (Å²) in [5.74, 6) is -1.80. The summed E-state index contributed by atoms with van der Waals surface area (Å²) in [7, 11) is 0. The molecule has 38 heavy (non-hydrogen) atoms. The van der Waals surface area contributed by atoms with Crippen molar-refractivity contribution < 1.29 is 24.2 Å². The Morgan fingerprint density at radius 3 is 2.53 bits per heavy atom. The number of aliphatic hydroxyl groups excluding tert-OH is 1. The van der Waals surface area contributed by atoms with Crippen LogP contribution in [0.4, 0.5) is 0 Å². The van der Waals surface area contributed by atoms with Gasteiger partial charge in [-0.1, -0.05) is 41.9 Å². The molecule has 1 spiro atoms. The lowest BCUT2D eigenvalue weighted by atomic mass is 9.71. The van der Waals surface area contributed by atoms with Crippen LogP contribution in [0.3, 0.4) is 0 Å². The Labute approximate surface area is 240 Å². The molecular weight excluding hydrogens is 568 g/mol. The first kappa shape index (κ1) is 31.2. The maximum Gasteiger partial charge on any atom is 0.310 e. The highest BCUT2D eigenvalue weighted by molar-refractivity contribution is 9.09. The second kappa shape index (κ2) is 12.5. The summed E-state index contributed by atoms with van der Waals surface area (Å²) in [6, 6.07) is -1.29. The Balaban J connectivity index is 2.04. The van der Waals surface area contributed by atoms with Gasteiger partial charge >= 0.3 is 5.97 Å². The lowest BCUT2D eigenvalue weighted by molar-refractivity contribution is -0.154. The van der Waals surface area contributed by atoms with Crippen LogP contribution in [0.25, 0.3) is 0 Å². The summed E-state index contributed by atoms with van der Waals surface area (Å²) in [5, 5.41) is 10.3. The number of hydrogen-bond acceptors (Lipinski definition) is 6. The van der Waals surface area contributed by atoms with Crippen LogP contribution < -0.4 is 0 Å². The fourth-order valence-corrected chi connectivity index (χ4v) is 10.0. The number of alkyl halides is 1. The number of rotatable bonds is 13. The minimum absolute atomic E-state index is 0.0229. The van der Waals surface area contributed by atoms with Gasteiger partial charge < -0.3 is 19.6 Å². The molecule has 0 radical (unpaired) electrons. The Morgan fingerprint density at radius 2 is 1.97 bits per heavy atom. The van der Waals surface area contributed by atoms with E-state index in [-0.39, 0.29) is 40.4 Å². The number of aliphatic hydroxyl groups is 1. The number of unbranched alkanes of at least 4 members (excludes halogenated alkanes) is 2. The van der Waals surface area contributed by atoms with Gasteiger partial charge in [0.15, 0.2) is 0 Å². The van der Waals surface area contributed by atoms with E-state index in [1.165, 1.54) is 0 Å². The lowest BCUT2D eigenvalue weighted by Crippen LogP contribution is -2.61. The van der Waals surface area contributed by atoms with Crippen LogP contribution in [0, 0.1) is 17.8 Å². The van der Waals surface area contributed by atoms with Gasteiger partial charge in [-0.25, -0.2) is 0 Å². The lowest BCUT2D eigenvalue weighted by Gasteiger charge is -2.44. The summed E-state index contributed by atoms with van der Waals surface area (Å²) in [6.45, 7) is 18.0. The summed E-state index contributed by atoms with van der Waals surface area (Å²) in [5.41, 5.74) is -0.500. The van der Waals surface area contributed by atoms with Crippen LogP contribution in [0.1, 0.15) is 66.7 Å². The molecule has 0 saturated carbocycles. The van der Waals surface area contributed by atoms with Crippen molar-refractivity contribution in [2.45, 2.75) is 99.2 Å². The number of amides is 2. The van der Waals surface area contributed by atoms with Crippen molar-refractivity contribution in [2.24, 2.45) is 17.8 Å². The third-order valence-electron chi connectivity index (χ3n) is 8.02. The van der Waals surface area contributed by atoms with Gasteiger partial charge in [0.25, 0.3) is 0 Å². The highest BCUT2D eigenvalue weighted by Crippen LogP contribution is 2.68. The summed E-state index contributed by atoms with van der Waals surface area (Å²) >= 11 is 5.40. The van der Waals surface area contributed by atoms with E-state index in [1.807, 2.05) is 40.7 Å². The molecule has 3 saturated heterocycles. The molecule has 3 heterocycles. The maximum absolute atomic E-state index is 14.5. The molecule has 9 heteroatoms. The minimum Gasteiger partial charge on any atom is -0.465 e.